The van der Waals surface area contributed by atoms with Gasteiger partial charge in [-0.05, 0) is 25.1 Å². The summed E-state index contributed by atoms with van der Waals surface area (Å²) in [5.41, 5.74) is 2.82. The summed E-state index contributed by atoms with van der Waals surface area (Å²) in [5.74, 6) is 0.995. The minimum Gasteiger partial charge on any atom is -0.334 e. The maximum absolute atomic E-state index is 5.74. The molecule has 0 spiro atoms. The highest BCUT2D eigenvalue weighted by Crippen LogP contribution is 2.22. The van der Waals surface area contributed by atoms with Gasteiger partial charge in [0, 0.05) is 11.8 Å². The summed E-state index contributed by atoms with van der Waals surface area (Å²) >= 11 is 5.74. The van der Waals surface area contributed by atoms with E-state index < -0.39 is 0 Å². The van der Waals surface area contributed by atoms with Crippen LogP contribution >= 0.6 is 11.6 Å². The average Bonchev–Trinajstić information content (AvgIpc) is 2.89. The van der Waals surface area contributed by atoms with Crippen LogP contribution in [-0.2, 0) is 0 Å². The van der Waals surface area contributed by atoms with E-state index >= 15 is 0 Å². The van der Waals surface area contributed by atoms with Crippen LogP contribution in [0.1, 0.15) is 5.56 Å². The lowest BCUT2D eigenvalue weighted by Gasteiger charge is -1.95. The maximum Gasteiger partial charge on any atom is 0.259 e. The molecular formula is C14H10ClN3O. The molecule has 0 bridgehead atoms. The molecule has 3 rings (SSSR count). The van der Waals surface area contributed by atoms with E-state index in [-0.39, 0.29) is 0 Å². The molecule has 2 aromatic heterocycles. The van der Waals surface area contributed by atoms with Crippen LogP contribution in [0.5, 0.6) is 0 Å². The number of aromatic nitrogens is 3. The minimum absolute atomic E-state index is 0.431. The molecule has 0 saturated carbocycles. The zero-order chi connectivity index (χ0) is 13.2. The number of benzene rings is 1. The summed E-state index contributed by atoms with van der Waals surface area (Å²) in [6, 6.07) is 11.4. The molecule has 3 aromatic rings. The second kappa shape index (κ2) is 4.82. The van der Waals surface area contributed by atoms with Gasteiger partial charge in [0.15, 0.2) is 0 Å². The van der Waals surface area contributed by atoms with E-state index in [0.717, 1.165) is 16.7 Å². The highest BCUT2D eigenvalue weighted by molar-refractivity contribution is 6.29. The number of rotatable bonds is 2. The van der Waals surface area contributed by atoms with Gasteiger partial charge in [-0.1, -0.05) is 40.5 Å². The van der Waals surface area contributed by atoms with Crippen LogP contribution < -0.4 is 0 Å². The van der Waals surface area contributed by atoms with Crippen molar-refractivity contribution in [3.8, 4) is 22.8 Å². The van der Waals surface area contributed by atoms with E-state index in [1.807, 2.05) is 31.2 Å². The van der Waals surface area contributed by atoms with Crippen LogP contribution in [0.15, 0.2) is 47.1 Å². The molecule has 0 aliphatic heterocycles. The number of nitrogens with zero attached hydrogens (tertiary/aromatic N) is 3. The van der Waals surface area contributed by atoms with E-state index in [4.69, 9.17) is 16.1 Å². The highest BCUT2D eigenvalue weighted by Gasteiger charge is 2.10. The quantitative estimate of drug-likeness (QED) is 0.666. The van der Waals surface area contributed by atoms with Crippen LogP contribution in [0, 0.1) is 6.92 Å². The third-order valence-electron chi connectivity index (χ3n) is 2.68. The Morgan fingerprint density at radius 2 is 2.00 bits per heavy atom. The van der Waals surface area contributed by atoms with Crippen molar-refractivity contribution >= 4 is 11.6 Å². The van der Waals surface area contributed by atoms with E-state index in [0.29, 0.717) is 16.9 Å². The van der Waals surface area contributed by atoms with Gasteiger partial charge in [0.25, 0.3) is 5.89 Å². The molecule has 0 unspecified atom stereocenters. The molecule has 94 valence electrons. The van der Waals surface area contributed by atoms with Crippen molar-refractivity contribution in [3.05, 3.63) is 53.3 Å². The Bertz CT molecular complexity index is 707. The fraction of sp³-hybridized carbons (Fsp3) is 0.0714. The summed E-state index contributed by atoms with van der Waals surface area (Å²) in [6.07, 6.45) is 1.61. The third kappa shape index (κ3) is 2.48. The second-order valence-corrected chi connectivity index (χ2v) is 4.55. The van der Waals surface area contributed by atoms with Gasteiger partial charge >= 0.3 is 0 Å². The van der Waals surface area contributed by atoms with Crippen molar-refractivity contribution in [2.75, 3.05) is 0 Å². The Hall–Kier alpha value is -2.20. The zero-order valence-electron chi connectivity index (χ0n) is 10.2. The molecule has 0 aliphatic carbocycles. The molecule has 0 aliphatic rings. The van der Waals surface area contributed by atoms with Gasteiger partial charge in [-0.2, -0.15) is 4.98 Å². The van der Waals surface area contributed by atoms with Crippen LogP contribution in [0.3, 0.4) is 0 Å². The first kappa shape index (κ1) is 11.9. The lowest BCUT2D eigenvalue weighted by Crippen LogP contribution is -1.83. The van der Waals surface area contributed by atoms with E-state index in [9.17, 15) is 0 Å². The number of hydrogen-bond acceptors (Lipinski definition) is 4. The van der Waals surface area contributed by atoms with Gasteiger partial charge in [-0.3, -0.25) is 0 Å². The number of pyridine rings is 1. The first-order valence-corrected chi connectivity index (χ1v) is 6.13. The normalized spacial score (nSPS) is 10.6. The largest absolute Gasteiger partial charge is 0.334 e. The molecule has 0 N–H and O–H groups in total. The first-order chi connectivity index (χ1) is 9.22. The lowest BCUT2D eigenvalue weighted by atomic mass is 10.1. The topological polar surface area (TPSA) is 51.8 Å². The van der Waals surface area contributed by atoms with Crippen LogP contribution in [0.2, 0.25) is 5.15 Å². The molecule has 2 heterocycles. The first-order valence-electron chi connectivity index (χ1n) is 5.75. The second-order valence-electron chi connectivity index (χ2n) is 4.16. The van der Waals surface area contributed by atoms with Crippen molar-refractivity contribution < 1.29 is 4.52 Å². The van der Waals surface area contributed by atoms with Crippen LogP contribution in [-0.4, -0.2) is 15.1 Å². The standard InChI is InChI=1S/C14H10ClN3O/c1-9-3-2-4-10(7-9)13-17-14(19-18-13)11-5-6-12(15)16-8-11/h2-8H,1H3. The van der Waals surface area contributed by atoms with Gasteiger partial charge in [0.1, 0.15) is 5.15 Å². The molecule has 5 heteroatoms. The highest BCUT2D eigenvalue weighted by atomic mass is 35.5. The minimum atomic E-state index is 0.431. The number of aryl methyl sites for hydroxylation is 1. The Morgan fingerprint density at radius 3 is 2.74 bits per heavy atom. The summed E-state index contributed by atoms with van der Waals surface area (Å²) < 4.78 is 5.24. The van der Waals surface area contributed by atoms with Gasteiger partial charge in [0.2, 0.25) is 5.82 Å². The van der Waals surface area contributed by atoms with Crippen LogP contribution in [0.25, 0.3) is 22.8 Å². The fourth-order valence-electron chi connectivity index (χ4n) is 1.74. The SMILES string of the molecule is Cc1cccc(-c2noc(-c3ccc(Cl)nc3)n2)c1. The number of hydrogen-bond donors (Lipinski definition) is 0. The average molecular weight is 272 g/mol. The molecule has 19 heavy (non-hydrogen) atoms. The van der Waals surface area contributed by atoms with E-state index in [1.165, 1.54) is 0 Å². The molecule has 0 fully saturated rings. The Labute approximate surface area is 115 Å². The van der Waals surface area contributed by atoms with Crippen molar-refractivity contribution in [1.82, 2.24) is 15.1 Å². The van der Waals surface area contributed by atoms with Crippen molar-refractivity contribution in [2.45, 2.75) is 6.92 Å². The zero-order valence-corrected chi connectivity index (χ0v) is 10.9. The molecule has 0 atom stereocenters. The number of halogens is 1. The summed E-state index contributed by atoms with van der Waals surface area (Å²) in [5, 5.41) is 4.41. The van der Waals surface area contributed by atoms with Gasteiger partial charge in [0.05, 0.1) is 5.56 Å². The molecule has 0 amide bonds. The predicted octanol–water partition coefficient (Wildman–Crippen LogP) is 3.76. The van der Waals surface area contributed by atoms with Gasteiger partial charge in [-0.15, -0.1) is 0 Å². The molecule has 1 aromatic carbocycles. The maximum atomic E-state index is 5.74. The predicted molar refractivity (Wildman–Crippen MR) is 72.7 cm³/mol. The third-order valence-corrected chi connectivity index (χ3v) is 2.90. The summed E-state index contributed by atoms with van der Waals surface area (Å²) in [7, 11) is 0. The van der Waals surface area contributed by atoms with E-state index in [1.54, 1.807) is 18.3 Å². The van der Waals surface area contributed by atoms with Crippen molar-refractivity contribution in [3.63, 3.8) is 0 Å². The van der Waals surface area contributed by atoms with Crippen molar-refractivity contribution in [2.24, 2.45) is 0 Å². The Morgan fingerprint density at radius 1 is 1.11 bits per heavy atom. The lowest BCUT2D eigenvalue weighted by molar-refractivity contribution is 0.432. The van der Waals surface area contributed by atoms with E-state index in [2.05, 4.69) is 15.1 Å². The molecular weight excluding hydrogens is 262 g/mol. The van der Waals surface area contributed by atoms with Gasteiger partial charge in [-0.25, -0.2) is 4.98 Å². The Balaban J connectivity index is 1.97. The molecule has 0 saturated heterocycles. The molecule has 0 radical (unpaired) electrons. The smallest absolute Gasteiger partial charge is 0.259 e. The summed E-state index contributed by atoms with van der Waals surface area (Å²) in [4.78, 5) is 8.35. The fourth-order valence-corrected chi connectivity index (χ4v) is 1.86. The summed E-state index contributed by atoms with van der Waals surface area (Å²) in [6.45, 7) is 2.02. The monoisotopic (exact) mass is 271 g/mol. The Kier molecular flexibility index (Phi) is 3.01. The van der Waals surface area contributed by atoms with Gasteiger partial charge < -0.3 is 4.52 Å². The van der Waals surface area contributed by atoms with Crippen LogP contribution in [0.4, 0.5) is 0 Å². The molecule has 4 nitrogen and oxygen atoms in total. The van der Waals surface area contributed by atoms with Crippen molar-refractivity contribution in [1.29, 1.82) is 0 Å².